The number of benzene rings is 2. The van der Waals surface area contributed by atoms with Crippen LogP contribution in [-0.2, 0) is 11.8 Å². The average Bonchev–Trinajstić information content (AvgIpc) is 2.94. The number of fused-ring (bicyclic) bond motifs is 2. The number of amides is 1. The maximum absolute atomic E-state index is 13.6. The van der Waals surface area contributed by atoms with Crippen LogP contribution in [0.2, 0.25) is 0 Å². The highest BCUT2D eigenvalue weighted by Gasteiger charge is 2.48. The van der Waals surface area contributed by atoms with Crippen LogP contribution in [0.25, 0.3) is 0 Å². The fourth-order valence-electron chi connectivity index (χ4n) is 4.45. The normalized spacial score (nSPS) is 20.9. The van der Waals surface area contributed by atoms with Gasteiger partial charge in [0.15, 0.2) is 11.6 Å². The van der Waals surface area contributed by atoms with Crippen molar-refractivity contribution in [2.24, 2.45) is 0 Å². The molecule has 5 heteroatoms. The molecule has 26 heavy (non-hydrogen) atoms. The molecule has 0 bridgehead atoms. The second kappa shape index (κ2) is 6.40. The van der Waals surface area contributed by atoms with Gasteiger partial charge in [-0.2, -0.15) is 0 Å². The Balaban J connectivity index is 1.53. The molecule has 1 heterocycles. The van der Waals surface area contributed by atoms with E-state index >= 15 is 0 Å². The Morgan fingerprint density at radius 1 is 1.23 bits per heavy atom. The van der Waals surface area contributed by atoms with Gasteiger partial charge >= 0.3 is 0 Å². The van der Waals surface area contributed by atoms with Gasteiger partial charge in [0.25, 0.3) is 5.91 Å². The zero-order valence-corrected chi connectivity index (χ0v) is 14.7. The summed E-state index contributed by atoms with van der Waals surface area (Å²) >= 11 is 0. The van der Waals surface area contributed by atoms with Crippen molar-refractivity contribution in [2.45, 2.75) is 30.8 Å². The standard InChI is InChI=1S/C21H22FNO3/c1-26-18-12-15(6-7-17(18)22)20(25)23-10-8-21(9-11-23)16-5-3-2-4-14(16)13-19(21)24/h2-7,12,19,24H,8-11,13H2,1H3/t19-/m1/s1. The van der Waals surface area contributed by atoms with E-state index in [9.17, 15) is 14.3 Å². The summed E-state index contributed by atoms with van der Waals surface area (Å²) in [6.07, 6.45) is 1.74. The Morgan fingerprint density at radius 2 is 1.96 bits per heavy atom. The lowest BCUT2D eigenvalue weighted by Crippen LogP contribution is -2.49. The van der Waals surface area contributed by atoms with Crippen molar-refractivity contribution in [3.8, 4) is 5.75 Å². The number of aliphatic hydroxyl groups excluding tert-OH is 1. The number of carbonyl (C=O) groups is 1. The zero-order chi connectivity index (χ0) is 18.3. The Morgan fingerprint density at radius 3 is 2.69 bits per heavy atom. The van der Waals surface area contributed by atoms with E-state index < -0.39 is 11.9 Å². The molecule has 0 radical (unpaired) electrons. The molecule has 1 atom stereocenters. The molecule has 4 rings (SSSR count). The number of rotatable bonds is 2. The molecule has 1 fully saturated rings. The molecule has 1 aliphatic carbocycles. The van der Waals surface area contributed by atoms with Gasteiger partial charge in [0, 0.05) is 24.1 Å². The monoisotopic (exact) mass is 355 g/mol. The molecule has 0 aromatic heterocycles. The summed E-state index contributed by atoms with van der Waals surface area (Å²) in [5.41, 5.74) is 2.60. The van der Waals surface area contributed by atoms with E-state index in [2.05, 4.69) is 12.1 Å². The van der Waals surface area contributed by atoms with Crippen molar-refractivity contribution in [1.29, 1.82) is 0 Å². The Kier molecular flexibility index (Phi) is 4.19. The molecule has 4 nitrogen and oxygen atoms in total. The number of hydrogen-bond acceptors (Lipinski definition) is 3. The predicted molar refractivity (Wildman–Crippen MR) is 95.9 cm³/mol. The topological polar surface area (TPSA) is 49.8 Å². The van der Waals surface area contributed by atoms with Gasteiger partial charge in [0.2, 0.25) is 0 Å². The first-order valence-electron chi connectivity index (χ1n) is 8.94. The number of methoxy groups -OCH3 is 1. The largest absolute Gasteiger partial charge is 0.494 e. The lowest BCUT2D eigenvalue weighted by Gasteiger charge is -2.42. The molecule has 1 N–H and O–H groups in total. The predicted octanol–water partition coefficient (Wildman–Crippen LogP) is 2.93. The number of likely N-dealkylation sites (tertiary alicyclic amines) is 1. The number of nitrogens with zero attached hydrogens (tertiary/aromatic N) is 1. The van der Waals surface area contributed by atoms with Crippen LogP contribution < -0.4 is 4.74 Å². The number of piperidine rings is 1. The first-order valence-corrected chi connectivity index (χ1v) is 8.94. The fraction of sp³-hybridized carbons (Fsp3) is 0.381. The second-order valence-electron chi connectivity index (χ2n) is 7.17. The molecule has 1 aliphatic heterocycles. The Labute approximate surface area is 152 Å². The highest BCUT2D eigenvalue weighted by atomic mass is 19.1. The summed E-state index contributed by atoms with van der Waals surface area (Å²) in [5, 5.41) is 10.7. The van der Waals surface area contributed by atoms with Crippen molar-refractivity contribution in [3.05, 3.63) is 65.0 Å². The van der Waals surface area contributed by atoms with E-state index in [0.29, 0.717) is 25.1 Å². The van der Waals surface area contributed by atoms with Crippen LogP contribution in [-0.4, -0.2) is 42.2 Å². The van der Waals surface area contributed by atoms with Crippen LogP contribution in [0.5, 0.6) is 5.75 Å². The van der Waals surface area contributed by atoms with Gasteiger partial charge in [-0.05, 0) is 48.6 Å². The maximum Gasteiger partial charge on any atom is 0.253 e. The Hall–Kier alpha value is -2.40. The summed E-state index contributed by atoms with van der Waals surface area (Å²) in [6, 6.07) is 12.4. The van der Waals surface area contributed by atoms with Crippen LogP contribution >= 0.6 is 0 Å². The van der Waals surface area contributed by atoms with Gasteiger partial charge in [-0.15, -0.1) is 0 Å². The first-order chi connectivity index (χ1) is 12.5. The molecule has 2 aromatic carbocycles. The van der Waals surface area contributed by atoms with Gasteiger partial charge in [-0.1, -0.05) is 24.3 Å². The third-order valence-corrected chi connectivity index (χ3v) is 5.95. The minimum atomic E-state index is -0.479. The van der Waals surface area contributed by atoms with Crippen molar-refractivity contribution in [3.63, 3.8) is 0 Å². The van der Waals surface area contributed by atoms with Crippen molar-refractivity contribution in [1.82, 2.24) is 4.90 Å². The first kappa shape index (κ1) is 17.0. The molecular weight excluding hydrogens is 333 g/mol. The third-order valence-electron chi connectivity index (χ3n) is 5.95. The average molecular weight is 355 g/mol. The van der Waals surface area contributed by atoms with Crippen molar-refractivity contribution < 1.29 is 19.0 Å². The van der Waals surface area contributed by atoms with E-state index in [-0.39, 0.29) is 17.1 Å². The van der Waals surface area contributed by atoms with Crippen LogP contribution in [0.15, 0.2) is 42.5 Å². The smallest absolute Gasteiger partial charge is 0.253 e. The van der Waals surface area contributed by atoms with Crippen LogP contribution in [0, 0.1) is 5.82 Å². The molecule has 1 amide bonds. The van der Waals surface area contributed by atoms with E-state index in [4.69, 9.17) is 4.74 Å². The summed E-state index contributed by atoms with van der Waals surface area (Å²) < 4.78 is 18.6. The van der Waals surface area contributed by atoms with E-state index in [0.717, 1.165) is 12.8 Å². The molecule has 2 aromatic rings. The summed E-state index contributed by atoms with van der Waals surface area (Å²) in [4.78, 5) is 14.6. The van der Waals surface area contributed by atoms with Crippen LogP contribution in [0.3, 0.4) is 0 Å². The summed E-state index contributed by atoms with van der Waals surface area (Å²) in [5.74, 6) is -0.532. The number of ether oxygens (including phenoxy) is 1. The van der Waals surface area contributed by atoms with Gasteiger partial charge in [-0.3, -0.25) is 4.79 Å². The third kappa shape index (κ3) is 2.58. The van der Waals surface area contributed by atoms with Crippen LogP contribution in [0.4, 0.5) is 4.39 Å². The summed E-state index contributed by atoms with van der Waals surface area (Å²) in [7, 11) is 1.39. The number of hydrogen-bond donors (Lipinski definition) is 1. The maximum atomic E-state index is 13.6. The highest BCUT2D eigenvalue weighted by Crippen LogP contribution is 2.46. The zero-order valence-electron chi connectivity index (χ0n) is 14.7. The molecule has 1 spiro atoms. The molecule has 0 saturated carbocycles. The number of halogens is 1. The number of aliphatic hydroxyl groups is 1. The highest BCUT2D eigenvalue weighted by molar-refractivity contribution is 5.94. The Bertz CT molecular complexity index is 843. The lowest BCUT2D eigenvalue weighted by molar-refractivity contribution is 0.0365. The van der Waals surface area contributed by atoms with E-state index in [1.807, 2.05) is 12.1 Å². The van der Waals surface area contributed by atoms with E-state index in [1.54, 1.807) is 4.90 Å². The molecule has 136 valence electrons. The van der Waals surface area contributed by atoms with Gasteiger partial charge < -0.3 is 14.7 Å². The minimum Gasteiger partial charge on any atom is -0.494 e. The van der Waals surface area contributed by atoms with Crippen molar-refractivity contribution in [2.75, 3.05) is 20.2 Å². The summed E-state index contributed by atoms with van der Waals surface area (Å²) in [6.45, 7) is 1.15. The van der Waals surface area contributed by atoms with Crippen LogP contribution in [0.1, 0.15) is 34.3 Å². The minimum absolute atomic E-state index is 0.0736. The van der Waals surface area contributed by atoms with Gasteiger partial charge in [-0.25, -0.2) is 4.39 Å². The lowest BCUT2D eigenvalue weighted by atomic mass is 9.72. The van der Waals surface area contributed by atoms with E-state index in [1.165, 1.54) is 36.4 Å². The second-order valence-corrected chi connectivity index (χ2v) is 7.17. The fourth-order valence-corrected chi connectivity index (χ4v) is 4.45. The SMILES string of the molecule is COc1cc(C(=O)N2CCC3(CC2)c2ccccc2C[C@H]3O)ccc1F. The quantitative estimate of drug-likeness (QED) is 0.901. The number of carbonyl (C=O) groups excluding carboxylic acids is 1. The van der Waals surface area contributed by atoms with Gasteiger partial charge in [0.1, 0.15) is 0 Å². The molecule has 0 unspecified atom stereocenters. The molecule has 1 saturated heterocycles. The van der Waals surface area contributed by atoms with Gasteiger partial charge in [0.05, 0.1) is 13.2 Å². The van der Waals surface area contributed by atoms with Crippen molar-refractivity contribution >= 4 is 5.91 Å². The molecular formula is C21H22FNO3. The molecule has 2 aliphatic rings.